The highest BCUT2D eigenvalue weighted by atomic mass is 35.5. The first-order valence-electron chi connectivity index (χ1n) is 5.15. The number of aromatic nitrogens is 3. The molecule has 0 bridgehead atoms. The van der Waals surface area contributed by atoms with Crippen molar-refractivity contribution in [1.29, 1.82) is 0 Å². The molecule has 0 N–H and O–H groups in total. The van der Waals surface area contributed by atoms with Crippen LogP contribution in [-0.2, 0) is 6.54 Å². The maximum atomic E-state index is 6.13. The highest BCUT2D eigenvalue weighted by Crippen LogP contribution is 2.19. The normalized spacial score (nSPS) is 11.6. The SMILES string of the molecule is Cc1cc(Cl)n2nc(C)c(CN(C)C)c2n1. The van der Waals surface area contributed by atoms with Crippen LogP contribution in [0.4, 0.5) is 0 Å². The van der Waals surface area contributed by atoms with E-state index in [9.17, 15) is 0 Å². The maximum absolute atomic E-state index is 6.13. The van der Waals surface area contributed by atoms with Crippen LogP contribution >= 0.6 is 11.6 Å². The minimum atomic E-state index is 0.607. The lowest BCUT2D eigenvalue weighted by atomic mass is 10.2. The molecule has 0 amide bonds. The fourth-order valence-electron chi connectivity index (χ4n) is 1.75. The first-order chi connectivity index (χ1) is 7.49. The average molecular weight is 239 g/mol. The highest BCUT2D eigenvalue weighted by Gasteiger charge is 2.13. The molecular formula is C11H15ClN4. The fraction of sp³-hybridized carbons (Fsp3) is 0.455. The third kappa shape index (κ3) is 1.90. The molecule has 0 fully saturated rings. The van der Waals surface area contributed by atoms with Gasteiger partial charge >= 0.3 is 0 Å². The number of hydrogen-bond acceptors (Lipinski definition) is 3. The van der Waals surface area contributed by atoms with Gasteiger partial charge in [-0.1, -0.05) is 11.6 Å². The molecule has 4 nitrogen and oxygen atoms in total. The summed E-state index contributed by atoms with van der Waals surface area (Å²) in [6, 6.07) is 1.82. The van der Waals surface area contributed by atoms with Gasteiger partial charge in [0.15, 0.2) is 5.65 Å². The Morgan fingerprint density at radius 3 is 2.69 bits per heavy atom. The molecule has 2 aromatic rings. The Hall–Kier alpha value is -1.13. The van der Waals surface area contributed by atoms with Gasteiger partial charge in [-0.2, -0.15) is 5.10 Å². The second kappa shape index (κ2) is 4.03. The van der Waals surface area contributed by atoms with E-state index in [-0.39, 0.29) is 0 Å². The predicted octanol–water partition coefficient (Wildman–Crippen LogP) is 2.06. The van der Waals surface area contributed by atoms with Crippen molar-refractivity contribution in [3.63, 3.8) is 0 Å². The van der Waals surface area contributed by atoms with E-state index in [2.05, 4.69) is 15.0 Å². The van der Waals surface area contributed by atoms with Crippen molar-refractivity contribution < 1.29 is 0 Å². The van der Waals surface area contributed by atoms with Crippen molar-refractivity contribution in [2.24, 2.45) is 0 Å². The van der Waals surface area contributed by atoms with Crippen molar-refractivity contribution in [2.75, 3.05) is 14.1 Å². The zero-order valence-corrected chi connectivity index (χ0v) is 10.7. The molecule has 2 heterocycles. The van der Waals surface area contributed by atoms with Crippen LogP contribution in [0.2, 0.25) is 5.15 Å². The number of halogens is 1. The highest BCUT2D eigenvalue weighted by molar-refractivity contribution is 6.29. The van der Waals surface area contributed by atoms with E-state index in [0.717, 1.165) is 29.1 Å². The first kappa shape index (κ1) is 11.4. The summed E-state index contributed by atoms with van der Waals surface area (Å²) < 4.78 is 1.70. The van der Waals surface area contributed by atoms with Gasteiger partial charge < -0.3 is 4.90 Å². The van der Waals surface area contributed by atoms with E-state index in [0.29, 0.717) is 5.15 Å². The van der Waals surface area contributed by atoms with Crippen LogP contribution < -0.4 is 0 Å². The molecular weight excluding hydrogens is 224 g/mol. The Morgan fingerprint density at radius 1 is 1.38 bits per heavy atom. The van der Waals surface area contributed by atoms with Crippen molar-refractivity contribution in [2.45, 2.75) is 20.4 Å². The van der Waals surface area contributed by atoms with Gasteiger partial charge in [-0.05, 0) is 34.0 Å². The maximum Gasteiger partial charge on any atom is 0.161 e. The summed E-state index contributed by atoms with van der Waals surface area (Å²) in [5.74, 6) is 0. The lowest BCUT2D eigenvalue weighted by molar-refractivity contribution is 0.403. The van der Waals surface area contributed by atoms with Crippen LogP contribution in [0.15, 0.2) is 6.07 Å². The zero-order chi connectivity index (χ0) is 11.9. The predicted molar refractivity (Wildman–Crippen MR) is 64.9 cm³/mol. The number of aryl methyl sites for hydroxylation is 2. The minimum Gasteiger partial charge on any atom is -0.305 e. The van der Waals surface area contributed by atoms with Crippen LogP contribution in [0, 0.1) is 13.8 Å². The summed E-state index contributed by atoms with van der Waals surface area (Å²) in [4.78, 5) is 6.60. The molecule has 0 aliphatic carbocycles. The summed E-state index contributed by atoms with van der Waals surface area (Å²) in [5, 5.41) is 5.01. The van der Waals surface area contributed by atoms with Gasteiger partial charge in [0.1, 0.15) is 5.15 Å². The van der Waals surface area contributed by atoms with Gasteiger partial charge in [-0.25, -0.2) is 9.50 Å². The van der Waals surface area contributed by atoms with Crippen LogP contribution in [0.3, 0.4) is 0 Å². The van der Waals surface area contributed by atoms with Gasteiger partial charge in [0.2, 0.25) is 0 Å². The summed E-state index contributed by atoms with van der Waals surface area (Å²) in [7, 11) is 4.06. The molecule has 0 saturated carbocycles. The molecule has 2 aromatic heterocycles. The Labute approximate surface area is 99.8 Å². The molecule has 0 radical (unpaired) electrons. The number of rotatable bonds is 2. The lowest BCUT2D eigenvalue weighted by Gasteiger charge is -2.08. The van der Waals surface area contributed by atoms with E-state index >= 15 is 0 Å². The van der Waals surface area contributed by atoms with E-state index in [1.165, 1.54) is 0 Å². The quantitative estimate of drug-likeness (QED) is 0.751. The van der Waals surface area contributed by atoms with E-state index < -0.39 is 0 Å². The van der Waals surface area contributed by atoms with E-state index in [1.807, 2.05) is 34.0 Å². The number of nitrogens with zero attached hydrogens (tertiary/aromatic N) is 4. The Balaban J connectivity index is 2.68. The second-order valence-electron chi connectivity index (χ2n) is 4.26. The first-order valence-corrected chi connectivity index (χ1v) is 5.53. The van der Waals surface area contributed by atoms with Crippen LogP contribution in [-0.4, -0.2) is 33.6 Å². The Morgan fingerprint density at radius 2 is 2.06 bits per heavy atom. The molecule has 86 valence electrons. The molecule has 2 rings (SSSR count). The van der Waals surface area contributed by atoms with Crippen molar-refractivity contribution in [3.05, 3.63) is 28.2 Å². The zero-order valence-electron chi connectivity index (χ0n) is 9.95. The minimum absolute atomic E-state index is 0.607. The third-order valence-electron chi connectivity index (χ3n) is 2.44. The van der Waals surface area contributed by atoms with E-state index in [4.69, 9.17) is 11.6 Å². The third-order valence-corrected chi connectivity index (χ3v) is 2.71. The fourth-order valence-corrected chi connectivity index (χ4v) is 2.02. The number of hydrogen-bond donors (Lipinski definition) is 0. The largest absolute Gasteiger partial charge is 0.305 e. The van der Waals surface area contributed by atoms with Crippen molar-refractivity contribution in [1.82, 2.24) is 19.5 Å². The summed E-state index contributed by atoms with van der Waals surface area (Å²) in [6.45, 7) is 4.74. The molecule has 0 aliphatic heterocycles. The summed E-state index contributed by atoms with van der Waals surface area (Å²) in [5.41, 5.74) is 3.89. The topological polar surface area (TPSA) is 33.4 Å². The molecule has 0 atom stereocenters. The van der Waals surface area contributed by atoms with Crippen molar-refractivity contribution in [3.8, 4) is 0 Å². The molecule has 0 unspecified atom stereocenters. The second-order valence-corrected chi connectivity index (χ2v) is 4.64. The standard InChI is InChI=1S/C11H15ClN4/c1-7-5-10(12)16-11(13-7)9(6-15(3)4)8(2)14-16/h5H,6H2,1-4H3. The van der Waals surface area contributed by atoms with Gasteiger partial charge in [0.25, 0.3) is 0 Å². The van der Waals surface area contributed by atoms with Gasteiger partial charge in [0, 0.05) is 17.8 Å². The van der Waals surface area contributed by atoms with Gasteiger partial charge in [-0.3, -0.25) is 0 Å². The summed E-state index contributed by atoms with van der Waals surface area (Å²) in [6.07, 6.45) is 0. The van der Waals surface area contributed by atoms with Gasteiger partial charge in [0.05, 0.1) is 5.69 Å². The smallest absolute Gasteiger partial charge is 0.161 e. The van der Waals surface area contributed by atoms with E-state index in [1.54, 1.807) is 4.52 Å². The molecule has 0 saturated heterocycles. The Bertz CT molecular complexity index is 530. The number of fused-ring (bicyclic) bond motifs is 1. The molecule has 5 heteroatoms. The molecule has 0 aromatic carbocycles. The van der Waals surface area contributed by atoms with Crippen LogP contribution in [0.5, 0.6) is 0 Å². The molecule has 0 aliphatic rings. The lowest BCUT2D eigenvalue weighted by Crippen LogP contribution is -2.11. The van der Waals surface area contributed by atoms with Gasteiger partial charge in [-0.15, -0.1) is 0 Å². The van der Waals surface area contributed by atoms with Crippen molar-refractivity contribution >= 4 is 17.2 Å². The summed E-state index contributed by atoms with van der Waals surface area (Å²) >= 11 is 6.13. The average Bonchev–Trinajstić information content (AvgIpc) is 2.45. The van der Waals surface area contributed by atoms with Crippen LogP contribution in [0.25, 0.3) is 5.65 Å². The monoisotopic (exact) mass is 238 g/mol. The molecule has 0 spiro atoms. The Kier molecular flexibility index (Phi) is 2.86. The van der Waals surface area contributed by atoms with Crippen LogP contribution in [0.1, 0.15) is 17.0 Å². The molecule has 16 heavy (non-hydrogen) atoms.